The minimum atomic E-state index is -1.59. The van der Waals surface area contributed by atoms with E-state index in [0.717, 1.165) is 12.8 Å². The molecule has 0 radical (unpaired) electrons. The lowest BCUT2D eigenvalue weighted by atomic mass is 10.0. The van der Waals surface area contributed by atoms with Crippen LogP contribution < -0.4 is 22.5 Å². The molecule has 2 aromatic heterocycles. The summed E-state index contributed by atoms with van der Waals surface area (Å²) in [5.41, 5.74) is 1.72. The molecule has 2 aliphatic rings. The second kappa shape index (κ2) is 12.9. The van der Waals surface area contributed by atoms with Gasteiger partial charge in [0.15, 0.2) is 0 Å². The number of aromatic nitrogens is 4. The molecule has 0 unspecified atom stereocenters. The summed E-state index contributed by atoms with van der Waals surface area (Å²) < 4.78 is 13.9. The van der Waals surface area contributed by atoms with Gasteiger partial charge in [-0.3, -0.25) is 28.7 Å². The Labute approximate surface area is 232 Å². The molecule has 0 spiro atoms. The highest BCUT2D eigenvalue weighted by atomic mass is 28.3. The van der Waals surface area contributed by atoms with E-state index in [1.807, 2.05) is 0 Å². The van der Waals surface area contributed by atoms with E-state index in [1.165, 1.54) is 21.4 Å². The molecule has 4 rings (SSSR count). The standard InChI is InChI=1S/C16H24N2O3Si.C11H14N2O5/c1-6-13-11(2)9-14(21-13)18-10-12(7-8-22(3,4)5)15(19)17-16(18)20;1-2-6-4-13(11(17)12-10(6)16)9-3-7(15)8(5-14)18-9/h10-11,13-14H,6,9H2,1-5H3,(H,17,19,20);2,4,7-9,14-15H,1,3,5H2,(H,12,16,17)/t11-,13-,14-;7-,8-,9-/m11/s1/i7+1,8+1;2+1. The van der Waals surface area contributed by atoms with Crippen LogP contribution in [0.5, 0.6) is 0 Å². The number of aliphatic hydroxyl groups is 2. The molecule has 6 atom stereocenters. The van der Waals surface area contributed by atoms with Crippen LogP contribution in [-0.4, -0.2) is 62.3 Å². The van der Waals surface area contributed by atoms with Crippen LogP contribution in [-0.2, 0) is 9.47 Å². The van der Waals surface area contributed by atoms with Gasteiger partial charge in [0.25, 0.3) is 11.1 Å². The first kappa shape index (κ1) is 31.2. The second-order valence-corrected chi connectivity index (χ2v) is 15.8. The topological polar surface area (TPSA) is 169 Å². The maximum atomic E-state index is 12.1. The lowest BCUT2D eigenvalue weighted by Gasteiger charge is -2.15. The van der Waals surface area contributed by atoms with E-state index in [1.54, 1.807) is 6.20 Å². The number of ether oxygens (including phenoxy) is 2. The van der Waals surface area contributed by atoms with E-state index in [4.69, 9.17) is 14.6 Å². The molecule has 218 valence electrons. The summed E-state index contributed by atoms with van der Waals surface area (Å²) in [5.74, 6) is 3.33. The summed E-state index contributed by atoms with van der Waals surface area (Å²) in [4.78, 5) is 51.5. The number of rotatable bonds is 5. The molecule has 2 aromatic rings. The van der Waals surface area contributed by atoms with Gasteiger partial charge in [0.05, 0.1) is 24.4 Å². The molecule has 0 saturated carbocycles. The van der Waals surface area contributed by atoms with Gasteiger partial charge in [-0.15, -0.1) is 5.54 Å². The predicted molar refractivity (Wildman–Crippen MR) is 153 cm³/mol. The van der Waals surface area contributed by atoms with Crippen molar-refractivity contribution >= 4 is 14.1 Å². The Morgan fingerprint density at radius 2 is 1.60 bits per heavy atom. The van der Waals surface area contributed by atoms with E-state index >= 15 is 0 Å². The smallest absolute Gasteiger partial charge is 0.330 e. The average molecular weight is 578 g/mol. The van der Waals surface area contributed by atoms with Gasteiger partial charge in [0, 0.05) is 18.8 Å². The maximum Gasteiger partial charge on any atom is 0.330 e. The Kier molecular flexibility index (Phi) is 10.1. The van der Waals surface area contributed by atoms with Crippen molar-refractivity contribution in [2.75, 3.05) is 6.61 Å². The molecule has 0 aliphatic carbocycles. The largest absolute Gasteiger partial charge is 0.394 e. The predicted octanol–water partition coefficient (Wildman–Crippen LogP) is 0.919. The van der Waals surface area contributed by atoms with Gasteiger partial charge < -0.3 is 19.7 Å². The summed E-state index contributed by atoms with van der Waals surface area (Å²) in [5, 5.41) is 18.6. The van der Waals surface area contributed by atoms with Gasteiger partial charge in [-0.25, -0.2) is 9.59 Å². The Morgan fingerprint density at radius 1 is 1.02 bits per heavy atom. The van der Waals surface area contributed by atoms with Gasteiger partial charge >= 0.3 is 11.4 Å². The van der Waals surface area contributed by atoms with Crippen LogP contribution >= 0.6 is 0 Å². The zero-order valence-electron chi connectivity index (χ0n) is 23.5. The molecule has 2 aliphatic heterocycles. The summed E-state index contributed by atoms with van der Waals surface area (Å²) in [6.07, 6.45) is 3.61. The summed E-state index contributed by atoms with van der Waals surface area (Å²) >= 11 is 0. The van der Waals surface area contributed by atoms with Crippen LogP contribution in [0.15, 0.2) is 38.2 Å². The fraction of sp³-hybridized carbons (Fsp3) is 0.556. The lowest BCUT2D eigenvalue weighted by molar-refractivity contribution is -0.0459. The Bertz CT molecular complexity index is 1510. The lowest BCUT2D eigenvalue weighted by Crippen LogP contribution is -2.33. The van der Waals surface area contributed by atoms with Gasteiger partial charge in [-0.1, -0.05) is 52.1 Å². The Morgan fingerprint density at radius 3 is 2.12 bits per heavy atom. The van der Waals surface area contributed by atoms with E-state index in [-0.39, 0.29) is 30.9 Å². The molecule has 2 saturated heterocycles. The first-order chi connectivity index (χ1) is 18.8. The third-order valence-electron chi connectivity index (χ3n) is 6.70. The van der Waals surface area contributed by atoms with Crippen molar-refractivity contribution < 1.29 is 19.7 Å². The summed E-state index contributed by atoms with van der Waals surface area (Å²) in [6, 6.07) is 0. The molecule has 0 bridgehead atoms. The molecule has 0 amide bonds. The van der Waals surface area contributed by atoms with Crippen molar-refractivity contribution in [1.82, 2.24) is 19.1 Å². The number of aromatic amines is 2. The molecule has 4 N–H and O–H groups in total. The normalized spacial score (nSPS) is 26.0. The van der Waals surface area contributed by atoms with Crippen LogP contribution in [0, 0.1) is 17.4 Å². The van der Waals surface area contributed by atoms with E-state index < -0.39 is 49.0 Å². The summed E-state index contributed by atoms with van der Waals surface area (Å²) in [6.45, 7) is 13.7. The first-order valence-corrected chi connectivity index (χ1v) is 16.7. The van der Waals surface area contributed by atoms with Crippen molar-refractivity contribution in [3.05, 3.63) is 71.8 Å². The molecular formula is C27H38N4O8Si. The number of H-pyrrole nitrogens is 2. The highest BCUT2D eigenvalue weighted by Gasteiger charge is 2.35. The monoisotopic (exact) mass is 577 g/mol. The van der Waals surface area contributed by atoms with Crippen LogP contribution in [0.3, 0.4) is 0 Å². The van der Waals surface area contributed by atoms with Crippen LogP contribution in [0.1, 0.15) is 56.7 Å². The maximum absolute atomic E-state index is 12.1. The van der Waals surface area contributed by atoms with Crippen molar-refractivity contribution in [1.29, 1.82) is 0 Å². The molecular weight excluding hydrogens is 539 g/mol. The van der Waals surface area contributed by atoms with Crippen molar-refractivity contribution in [2.24, 2.45) is 5.92 Å². The molecule has 4 heterocycles. The van der Waals surface area contributed by atoms with Gasteiger partial charge in [0.2, 0.25) is 0 Å². The number of nitrogens with one attached hydrogen (secondary N) is 2. The summed E-state index contributed by atoms with van der Waals surface area (Å²) in [7, 11) is -1.59. The molecule has 40 heavy (non-hydrogen) atoms. The van der Waals surface area contributed by atoms with Gasteiger partial charge in [-0.05, 0) is 18.8 Å². The zero-order valence-corrected chi connectivity index (χ0v) is 24.5. The minimum Gasteiger partial charge on any atom is -0.394 e. The highest BCUT2D eigenvalue weighted by Crippen LogP contribution is 2.33. The van der Waals surface area contributed by atoms with Crippen LogP contribution in [0.2, 0.25) is 19.6 Å². The number of hydrogen-bond donors (Lipinski definition) is 4. The minimum absolute atomic E-state index is 0.153. The second-order valence-electron chi connectivity index (χ2n) is 11.0. The third-order valence-corrected chi connectivity index (χ3v) is 7.58. The number of aliphatic hydroxyl groups excluding tert-OH is 2. The zero-order chi connectivity index (χ0) is 29.8. The van der Waals surface area contributed by atoms with E-state index in [0.29, 0.717) is 11.5 Å². The van der Waals surface area contributed by atoms with Gasteiger partial charge in [-0.2, -0.15) is 0 Å². The fourth-order valence-electron chi connectivity index (χ4n) is 4.49. The van der Waals surface area contributed by atoms with Crippen molar-refractivity contribution in [3.8, 4) is 11.5 Å². The average Bonchev–Trinajstić information content (AvgIpc) is 3.44. The molecule has 0 aromatic carbocycles. The van der Waals surface area contributed by atoms with Crippen molar-refractivity contribution in [3.63, 3.8) is 0 Å². The first-order valence-electron chi connectivity index (χ1n) is 13.2. The molecule has 2 fully saturated rings. The Balaban J connectivity index is 0.000000225. The van der Waals surface area contributed by atoms with Gasteiger partial charge in [0.1, 0.15) is 32.2 Å². The Hall–Kier alpha value is -3.28. The molecule has 13 heteroatoms. The van der Waals surface area contributed by atoms with Crippen molar-refractivity contribution in [2.45, 2.75) is 83.5 Å². The quantitative estimate of drug-likeness (QED) is 0.231. The van der Waals surface area contributed by atoms with Crippen LogP contribution in [0.4, 0.5) is 0 Å². The highest BCUT2D eigenvalue weighted by molar-refractivity contribution is 6.83. The fourth-order valence-corrected chi connectivity index (χ4v) is 5.00. The third kappa shape index (κ3) is 7.46. The number of hydrogen-bond acceptors (Lipinski definition) is 8. The SMILES string of the molecule is C=[13CH]c1cn([C@H]2C[C@@H](O)[C@@H](CO)O2)c(=O)[nH]c1=O.CC[C@H]1O[C@@H](n2cc([13C]#[13C][Si](C)(C)C)c(=O)[nH]c2=O)C[C@H]1C. The molecule has 12 nitrogen and oxygen atoms in total. The number of nitrogens with zero attached hydrogens (tertiary/aromatic N) is 2. The van der Waals surface area contributed by atoms with E-state index in [9.17, 15) is 24.3 Å². The van der Waals surface area contributed by atoms with Crippen LogP contribution in [0.25, 0.3) is 6.08 Å². The van der Waals surface area contributed by atoms with E-state index in [2.05, 4.69) is 61.5 Å².